The number of hydrogen-bond donors (Lipinski definition) is 3. The van der Waals surface area contributed by atoms with Crippen molar-refractivity contribution in [2.24, 2.45) is 5.73 Å². The van der Waals surface area contributed by atoms with Crippen LogP contribution in [0.2, 0.25) is 0 Å². The van der Waals surface area contributed by atoms with E-state index in [9.17, 15) is 0 Å². The summed E-state index contributed by atoms with van der Waals surface area (Å²) in [6.07, 6.45) is 2.55. The highest BCUT2D eigenvalue weighted by molar-refractivity contribution is 5.60. The summed E-state index contributed by atoms with van der Waals surface area (Å²) >= 11 is 0. The molecular weight excluding hydrogens is 262 g/mol. The number of anilines is 2. The molecule has 5 N–H and O–H groups in total. The lowest BCUT2D eigenvalue weighted by atomic mass is 10.0. The molecule has 0 amide bonds. The largest absolute Gasteiger partial charge is 0.399 e. The Bertz CT molecular complexity index is 696. The summed E-state index contributed by atoms with van der Waals surface area (Å²) in [4.78, 5) is 0. The molecule has 108 valence electrons. The molecule has 2 aromatic carbocycles. The van der Waals surface area contributed by atoms with Gasteiger partial charge in [0.15, 0.2) is 0 Å². The van der Waals surface area contributed by atoms with E-state index < -0.39 is 5.85 Å². The SMILES string of the molecule is Nc1ccc2c(c1)COC(N)(c1cccc(C3CC3)c1)N2. The van der Waals surface area contributed by atoms with Crippen LogP contribution in [0.3, 0.4) is 0 Å². The van der Waals surface area contributed by atoms with E-state index in [2.05, 4.69) is 23.5 Å². The van der Waals surface area contributed by atoms with E-state index in [4.69, 9.17) is 16.2 Å². The van der Waals surface area contributed by atoms with Gasteiger partial charge in [-0.25, -0.2) is 0 Å². The van der Waals surface area contributed by atoms with Crippen molar-refractivity contribution in [1.82, 2.24) is 0 Å². The Labute approximate surface area is 124 Å². The molecule has 0 radical (unpaired) electrons. The van der Waals surface area contributed by atoms with Crippen LogP contribution in [0.25, 0.3) is 0 Å². The molecule has 4 heteroatoms. The average molecular weight is 281 g/mol. The van der Waals surface area contributed by atoms with Crippen molar-refractivity contribution in [1.29, 1.82) is 0 Å². The minimum absolute atomic E-state index is 0.456. The highest BCUT2D eigenvalue weighted by Crippen LogP contribution is 2.41. The fourth-order valence-electron chi connectivity index (χ4n) is 2.88. The molecule has 1 fully saturated rings. The molecule has 1 unspecified atom stereocenters. The fraction of sp³-hybridized carbons (Fsp3) is 0.294. The lowest BCUT2D eigenvalue weighted by molar-refractivity contribution is -0.0433. The normalized spacial score (nSPS) is 24.2. The lowest BCUT2D eigenvalue weighted by Crippen LogP contribution is -2.49. The number of ether oxygens (including phenoxy) is 1. The molecule has 1 aliphatic heterocycles. The Kier molecular flexibility index (Phi) is 2.71. The summed E-state index contributed by atoms with van der Waals surface area (Å²) < 4.78 is 5.90. The predicted molar refractivity (Wildman–Crippen MR) is 83.5 cm³/mol. The van der Waals surface area contributed by atoms with E-state index in [1.54, 1.807) is 0 Å². The van der Waals surface area contributed by atoms with Crippen LogP contribution in [0.15, 0.2) is 42.5 Å². The van der Waals surface area contributed by atoms with Crippen molar-refractivity contribution >= 4 is 11.4 Å². The summed E-state index contributed by atoms with van der Waals surface area (Å²) in [5.41, 5.74) is 17.3. The smallest absolute Gasteiger partial charge is 0.221 e. The van der Waals surface area contributed by atoms with Crippen LogP contribution in [0.1, 0.15) is 35.4 Å². The number of nitrogens with one attached hydrogen (secondary N) is 1. The summed E-state index contributed by atoms with van der Waals surface area (Å²) in [5, 5.41) is 3.30. The first-order valence-electron chi connectivity index (χ1n) is 7.34. The summed E-state index contributed by atoms with van der Waals surface area (Å²) in [7, 11) is 0. The first kappa shape index (κ1) is 12.7. The Morgan fingerprint density at radius 3 is 2.81 bits per heavy atom. The molecule has 1 saturated carbocycles. The first-order valence-corrected chi connectivity index (χ1v) is 7.34. The second-order valence-corrected chi connectivity index (χ2v) is 5.97. The van der Waals surface area contributed by atoms with E-state index in [1.165, 1.54) is 18.4 Å². The molecular formula is C17H19N3O. The monoisotopic (exact) mass is 281 g/mol. The summed E-state index contributed by atoms with van der Waals surface area (Å²) in [5.74, 6) is -0.280. The van der Waals surface area contributed by atoms with Crippen molar-refractivity contribution in [3.8, 4) is 0 Å². The number of nitrogen functional groups attached to an aromatic ring is 1. The highest BCUT2D eigenvalue weighted by atomic mass is 16.5. The Morgan fingerprint density at radius 1 is 1.14 bits per heavy atom. The van der Waals surface area contributed by atoms with Crippen LogP contribution in [-0.2, 0) is 17.2 Å². The molecule has 1 atom stereocenters. The number of hydrogen-bond acceptors (Lipinski definition) is 4. The van der Waals surface area contributed by atoms with E-state index >= 15 is 0 Å². The third kappa shape index (κ3) is 2.26. The van der Waals surface area contributed by atoms with Gasteiger partial charge in [-0.05, 0) is 48.6 Å². The van der Waals surface area contributed by atoms with Crippen LogP contribution in [0, 0.1) is 0 Å². The summed E-state index contributed by atoms with van der Waals surface area (Å²) in [6.45, 7) is 0.456. The molecule has 0 saturated heterocycles. The van der Waals surface area contributed by atoms with Crippen LogP contribution in [0.4, 0.5) is 11.4 Å². The van der Waals surface area contributed by atoms with Gasteiger partial charge in [-0.15, -0.1) is 0 Å². The molecule has 0 spiro atoms. The zero-order valence-corrected chi connectivity index (χ0v) is 11.8. The first-order chi connectivity index (χ1) is 10.1. The van der Waals surface area contributed by atoms with E-state index in [0.29, 0.717) is 12.5 Å². The standard InChI is InChI=1S/C17H19N3O/c18-15-6-7-16-13(9-15)10-21-17(19,20-16)14-3-1-2-12(8-14)11-4-5-11/h1-3,6-9,11,20H,4-5,10,18-19H2. The van der Waals surface area contributed by atoms with Crippen LogP contribution in [0.5, 0.6) is 0 Å². The minimum atomic E-state index is -0.978. The fourth-order valence-corrected chi connectivity index (χ4v) is 2.88. The maximum absolute atomic E-state index is 6.46. The number of nitrogens with two attached hydrogens (primary N) is 2. The van der Waals surface area contributed by atoms with Crippen molar-refractivity contribution in [2.45, 2.75) is 31.2 Å². The maximum Gasteiger partial charge on any atom is 0.221 e. The van der Waals surface area contributed by atoms with Gasteiger partial charge >= 0.3 is 0 Å². The van der Waals surface area contributed by atoms with E-state index in [-0.39, 0.29) is 0 Å². The molecule has 4 nitrogen and oxygen atoms in total. The maximum atomic E-state index is 6.46. The van der Waals surface area contributed by atoms with Crippen molar-refractivity contribution in [3.05, 3.63) is 59.2 Å². The Balaban J connectivity index is 1.68. The van der Waals surface area contributed by atoms with Gasteiger partial charge in [-0.2, -0.15) is 0 Å². The molecule has 1 heterocycles. The number of fused-ring (bicyclic) bond motifs is 1. The quantitative estimate of drug-likeness (QED) is 0.740. The zero-order chi connectivity index (χ0) is 14.4. The Hall–Kier alpha value is -2.04. The molecule has 0 bridgehead atoms. The molecule has 0 aromatic heterocycles. The minimum Gasteiger partial charge on any atom is -0.399 e. The molecule has 2 aliphatic rings. The summed E-state index contributed by atoms with van der Waals surface area (Å²) in [6, 6.07) is 14.2. The number of benzene rings is 2. The van der Waals surface area contributed by atoms with Gasteiger partial charge in [0.1, 0.15) is 0 Å². The van der Waals surface area contributed by atoms with Gasteiger partial charge in [-0.3, -0.25) is 5.73 Å². The average Bonchev–Trinajstić information content (AvgIpc) is 3.33. The van der Waals surface area contributed by atoms with Crippen LogP contribution < -0.4 is 16.8 Å². The highest BCUT2D eigenvalue weighted by Gasteiger charge is 2.34. The molecule has 2 aromatic rings. The van der Waals surface area contributed by atoms with Crippen molar-refractivity contribution < 1.29 is 4.74 Å². The van der Waals surface area contributed by atoms with Crippen molar-refractivity contribution in [3.63, 3.8) is 0 Å². The van der Waals surface area contributed by atoms with Gasteiger partial charge in [0, 0.05) is 22.5 Å². The third-order valence-corrected chi connectivity index (χ3v) is 4.27. The topological polar surface area (TPSA) is 73.3 Å². The van der Waals surface area contributed by atoms with Crippen molar-refractivity contribution in [2.75, 3.05) is 11.1 Å². The van der Waals surface area contributed by atoms with Gasteiger partial charge < -0.3 is 15.8 Å². The second kappa shape index (κ2) is 4.48. The predicted octanol–water partition coefficient (Wildman–Crippen LogP) is 2.86. The second-order valence-electron chi connectivity index (χ2n) is 5.97. The zero-order valence-electron chi connectivity index (χ0n) is 11.8. The lowest BCUT2D eigenvalue weighted by Gasteiger charge is -2.37. The van der Waals surface area contributed by atoms with Gasteiger partial charge in [0.05, 0.1) is 6.61 Å². The molecule has 21 heavy (non-hydrogen) atoms. The van der Waals surface area contributed by atoms with Gasteiger partial charge in [0.2, 0.25) is 5.85 Å². The van der Waals surface area contributed by atoms with Gasteiger partial charge in [-0.1, -0.05) is 18.2 Å². The van der Waals surface area contributed by atoms with Gasteiger partial charge in [0.25, 0.3) is 0 Å². The van der Waals surface area contributed by atoms with E-state index in [1.807, 2.05) is 24.3 Å². The Morgan fingerprint density at radius 2 is 2.00 bits per heavy atom. The third-order valence-electron chi connectivity index (χ3n) is 4.27. The van der Waals surface area contributed by atoms with Crippen LogP contribution in [-0.4, -0.2) is 0 Å². The molecule has 4 rings (SSSR count). The number of rotatable bonds is 2. The van der Waals surface area contributed by atoms with E-state index in [0.717, 1.165) is 22.5 Å². The molecule has 1 aliphatic carbocycles. The van der Waals surface area contributed by atoms with Crippen LogP contribution >= 0.6 is 0 Å².